The van der Waals surface area contributed by atoms with Crippen molar-refractivity contribution in [2.45, 2.75) is 20.0 Å². The number of carbonyl (C=O) groups is 1. The quantitative estimate of drug-likeness (QED) is 0.868. The van der Waals surface area contributed by atoms with E-state index in [0.29, 0.717) is 11.5 Å². The van der Waals surface area contributed by atoms with Gasteiger partial charge in [-0.3, -0.25) is 4.79 Å². The minimum Gasteiger partial charge on any atom is -0.482 e. The van der Waals surface area contributed by atoms with Gasteiger partial charge in [-0.2, -0.15) is 13.2 Å². The number of aryl methyl sites for hydroxylation is 2. The molecule has 0 atom stereocenters. The lowest BCUT2D eigenvalue weighted by atomic mass is 10.2. The standard InChI is InChI=1S/C15H13ClF3NO3/c1-8-5-11(9(2)23-8)14(21)20-12-6-10(16)3-4-13(12)22-7-15(17,18)19/h3-6H,7H2,1-2H3,(H,20,21). The molecule has 4 nitrogen and oxygen atoms in total. The molecule has 2 aromatic rings. The van der Waals surface area contributed by atoms with Gasteiger partial charge in [0.25, 0.3) is 5.91 Å². The maximum Gasteiger partial charge on any atom is 0.422 e. The van der Waals surface area contributed by atoms with Gasteiger partial charge in [-0.05, 0) is 38.1 Å². The van der Waals surface area contributed by atoms with Crippen molar-refractivity contribution in [3.8, 4) is 5.75 Å². The Morgan fingerprint density at radius 2 is 2.00 bits per heavy atom. The Morgan fingerprint density at radius 3 is 2.57 bits per heavy atom. The first-order valence-corrected chi connectivity index (χ1v) is 6.91. The van der Waals surface area contributed by atoms with Crippen LogP contribution in [-0.4, -0.2) is 18.7 Å². The molecule has 0 saturated heterocycles. The zero-order chi connectivity index (χ0) is 17.2. The van der Waals surface area contributed by atoms with E-state index in [9.17, 15) is 18.0 Å². The van der Waals surface area contributed by atoms with Gasteiger partial charge in [0.15, 0.2) is 6.61 Å². The van der Waals surface area contributed by atoms with E-state index in [2.05, 4.69) is 5.32 Å². The number of hydrogen-bond acceptors (Lipinski definition) is 3. The number of ether oxygens (including phenoxy) is 1. The Balaban J connectivity index is 2.22. The number of hydrogen-bond donors (Lipinski definition) is 1. The SMILES string of the molecule is Cc1cc(C(=O)Nc2cc(Cl)ccc2OCC(F)(F)F)c(C)o1. The Morgan fingerprint density at radius 1 is 1.30 bits per heavy atom. The number of halogens is 4. The fraction of sp³-hybridized carbons (Fsp3) is 0.267. The van der Waals surface area contributed by atoms with Gasteiger partial charge in [0.1, 0.15) is 17.3 Å². The van der Waals surface area contributed by atoms with Crippen LogP contribution in [0.15, 0.2) is 28.7 Å². The molecule has 1 heterocycles. The first-order chi connectivity index (χ1) is 10.7. The van der Waals surface area contributed by atoms with E-state index in [1.54, 1.807) is 13.8 Å². The molecule has 1 aromatic heterocycles. The molecular formula is C15H13ClF3NO3. The van der Waals surface area contributed by atoms with Crippen LogP contribution in [-0.2, 0) is 0 Å². The maximum absolute atomic E-state index is 12.3. The fourth-order valence-electron chi connectivity index (χ4n) is 1.93. The van der Waals surface area contributed by atoms with Crippen LogP contribution in [0.5, 0.6) is 5.75 Å². The van der Waals surface area contributed by atoms with Crippen molar-refractivity contribution in [1.82, 2.24) is 0 Å². The largest absolute Gasteiger partial charge is 0.482 e. The number of alkyl halides is 3. The molecule has 23 heavy (non-hydrogen) atoms. The molecule has 0 aliphatic carbocycles. The van der Waals surface area contributed by atoms with E-state index in [-0.39, 0.29) is 22.0 Å². The normalized spacial score (nSPS) is 11.4. The molecule has 0 unspecified atom stereocenters. The smallest absolute Gasteiger partial charge is 0.422 e. The summed E-state index contributed by atoms with van der Waals surface area (Å²) >= 11 is 5.82. The van der Waals surface area contributed by atoms with Gasteiger partial charge in [0.05, 0.1) is 11.3 Å². The average Bonchev–Trinajstić information content (AvgIpc) is 2.76. The van der Waals surface area contributed by atoms with E-state index in [1.807, 2.05) is 0 Å². The van der Waals surface area contributed by atoms with E-state index in [0.717, 1.165) is 0 Å². The number of benzene rings is 1. The topological polar surface area (TPSA) is 51.5 Å². The molecule has 0 fully saturated rings. The number of carbonyl (C=O) groups excluding carboxylic acids is 1. The summed E-state index contributed by atoms with van der Waals surface area (Å²) in [5, 5.41) is 2.73. The Bertz CT molecular complexity index is 725. The summed E-state index contributed by atoms with van der Waals surface area (Å²) in [6, 6.07) is 5.48. The number of anilines is 1. The van der Waals surface area contributed by atoms with Gasteiger partial charge in [-0.15, -0.1) is 0 Å². The number of nitrogens with one attached hydrogen (secondary N) is 1. The highest BCUT2D eigenvalue weighted by Gasteiger charge is 2.29. The van der Waals surface area contributed by atoms with Gasteiger partial charge >= 0.3 is 6.18 Å². The molecule has 124 valence electrons. The predicted octanol–water partition coefficient (Wildman–Crippen LogP) is 4.74. The monoisotopic (exact) mass is 347 g/mol. The molecule has 1 aromatic carbocycles. The third-order valence-corrected chi connectivity index (χ3v) is 3.10. The predicted molar refractivity (Wildman–Crippen MR) is 79.1 cm³/mol. The molecule has 0 bridgehead atoms. The van der Waals surface area contributed by atoms with Gasteiger partial charge < -0.3 is 14.5 Å². The molecule has 1 amide bonds. The van der Waals surface area contributed by atoms with Gasteiger partial charge in [-0.25, -0.2) is 0 Å². The number of rotatable bonds is 4. The first kappa shape index (κ1) is 17.2. The van der Waals surface area contributed by atoms with Gasteiger partial charge in [0, 0.05) is 5.02 Å². The summed E-state index contributed by atoms with van der Waals surface area (Å²) in [6.07, 6.45) is -4.49. The molecule has 0 aliphatic rings. The summed E-state index contributed by atoms with van der Waals surface area (Å²) in [6.45, 7) is 1.82. The first-order valence-electron chi connectivity index (χ1n) is 6.53. The molecular weight excluding hydrogens is 335 g/mol. The van der Waals surface area contributed by atoms with Gasteiger partial charge in [-0.1, -0.05) is 11.6 Å². The third-order valence-electron chi connectivity index (χ3n) is 2.87. The van der Waals surface area contributed by atoms with Crippen LogP contribution in [0, 0.1) is 13.8 Å². The second kappa shape index (κ2) is 6.54. The number of amides is 1. The van der Waals surface area contributed by atoms with Crippen molar-refractivity contribution >= 4 is 23.2 Å². The molecule has 0 radical (unpaired) electrons. The summed E-state index contributed by atoms with van der Waals surface area (Å²) in [5.41, 5.74) is 0.328. The van der Waals surface area contributed by atoms with Crippen molar-refractivity contribution in [2.24, 2.45) is 0 Å². The second-order valence-electron chi connectivity index (χ2n) is 4.83. The van der Waals surface area contributed by atoms with Crippen LogP contribution in [0.25, 0.3) is 0 Å². The van der Waals surface area contributed by atoms with Gasteiger partial charge in [0.2, 0.25) is 0 Å². The number of furan rings is 1. The van der Waals surface area contributed by atoms with E-state index >= 15 is 0 Å². The highest BCUT2D eigenvalue weighted by Crippen LogP contribution is 2.30. The Hall–Kier alpha value is -2.15. The van der Waals surface area contributed by atoms with Crippen molar-refractivity contribution in [1.29, 1.82) is 0 Å². The third kappa shape index (κ3) is 4.66. The van der Waals surface area contributed by atoms with Crippen molar-refractivity contribution in [3.05, 3.63) is 46.4 Å². The average molecular weight is 348 g/mol. The molecule has 0 aliphatic heterocycles. The second-order valence-corrected chi connectivity index (χ2v) is 5.26. The fourth-order valence-corrected chi connectivity index (χ4v) is 2.10. The highest BCUT2D eigenvalue weighted by atomic mass is 35.5. The maximum atomic E-state index is 12.3. The van der Waals surface area contributed by atoms with Crippen LogP contribution in [0.4, 0.5) is 18.9 Å². The minimum atomic E-state index is -4.49. The van der Waals surface area contributed by atoms with Crippen LogP contribution < -0.4 is 10.1 Å². The zero-order valence-corrected chi connectivity index (χ0v) is 13.0. The molecule has 0 saturated carbocycles. The minimum absolute atomic E-state index is 0.0463. The van der Waals surface area contributed by atoms with Crippen molar-refractivity contribution in [3.63, 3.8) is 0 Å². The summed E-state index contributed by atoms with van der Waals surface area (Å²) in [4.78, 5) is 12.2. The van der Waals surface area contributed by atoms with Crippen molar-refractivity contribution < 1.29 is 27.1 Å². The van der Waals surface area contributed by atoms with Crippen molar-refractivity contribution in [2.75, 3.05) is 11.9 Å². The van der Waals surface area contributed by atoms with Crippen LogP contribution in [0.3, 0.4) is 0 Å². The lowest BCUT2D eigenvalue weighted by molar-refractivity contribution is -0.153. The van der Waals surface area contributed by atoms with E-state index in [4.69, 9.17) is 20.8 Å². The zero-order valence-electron chi connectivity index (χ0n) is 12.3. The van der Waals surface area contributed by atoms with Crippen LogP contribution >= 0.6 is 11.6 Å². The van der Waals surface area contributed by atoms with Crippen LogP contribution in [0.1, 0.15) is 21.9 Å². The molecule has 1 N–H and O–H groups in total. The van der Waals surface area contributed by atoms with Crippen LogP contribution in [0.2, 0.25) is 5.02 Å². The van der Waals surface area contributed by atoms with E-state index in [1.165, 1.54) is 24.3 Å². The summed E-state index contributed by atoms with van der Waals surface area (Å²) < 4.78 is 46.8. The Kier molecular flexibility index (Phi) is 4.89. The lowest BCUT2D eigenvalue weighted by Crippen LogP contribution is -2.20. The molecule has 8 heteroatoms. The summed E-state index contributed by atoms with van der Waals surface area (Å²) in [5.74, 6) is 0.295. The molecule has 2 rings (SSSR count). The molecule has 0 spiro atoms. The summed E-state index contributed by atoms with van der Waals surface area (Å²) in [7, 11) is 0. The lowest BCUT2D eigenvalue weighted by Gasteiger charge is -2.14. The van der Waals surface area contributed by atoms with E-state index < -0.39 is 18.7 Å². The Labute approximate surface area is 135 Å². The highest BCUT2D eigenvalue weighted by molar-refractivity contribution is 6.31.